The first-order chi connectivity index (χ1) is 9.03. The Hall–Kier alpha value is -0.120. The summed E-state index contributed by atoms with van der Waals surface area (Å²) in [5.41, 5.74) is 0.523. The molecule has 3 aliphatic carbocycles. The molecule has 1 N–H and O–H groups in total. The van der Waals surface area contributed by atoms with Crippen molar-refractivity contribution in [3.63, 3.8) is 0 Å². The lowest BCUT2D eigenvalue weighted by molar-refractivity contribution is -0.322. The normalized spacial score (nSPS) is 49.7. The number of hydrogen-bond donors (Lipinski definition) is 1. The second kappa shape index (κ2) is 3.75. The lowest BCUT2D eigenvalue weighted by atomic mass is 9.42. The topological polar surface area (TPSA) is 38.7 Å². The molecule has 1 spiro atoms. The van der Waals surface area contributed by atoms with Crippen LogP contribution in [0.25, 0.3) is 0 Å². The molecule has 0 aromatic carbocycles. The van der Waals surface area contributed by atoms with E-state index in [2.05, 4.69) is 13.8 Å². The molecule has 4 fully saturated rings. The molecule has 3 saturated carbocycles. The van der Waals surface area contributed by atoms with E-state index >= 15 is 0 Å². The molecule has 0 radical (unpaired) electrons. The van der Waals surface area contributed by atoms with Crippen molar-refractivity contribution in [1.82, 2.24) is 0 Å². The van der Waals surface area contributed by atoms with E-state index in [1.54, 1.807) is 0 Å². The smallest absolute Gasteiger partial charge is 0.172 e. The molecule has 0 aromatic heterocycles. The van der Waals surface area contributed by atoms with Gasteiger partial charge in [0.25, 0.3) is 0 Å². The monoisotopic (exact) mass is 266 g/mol. The van der Waals surface area contributed by atoms with Crippen LogP contribution in [-0.4, -0.2) is 30.7 Å². The van der Waals surface area contributed by atoms with Gasteiger partial charge in [-0.1, -0.05) is 13.8 Å². The molecule has 3 heteroatoms. The number of fused-ring (bicyclic) bond motifs is 5. The van der Waals surface area contributed by atoms with E-state index < -0.39 is 0 Å². The molecule has 4 atom stereocenters. The molecule has 108 valence electrons. The zero-order chi connectivity index (χ0) is 13.3. The van der Waals surface area contributed by atoms with Crippen molar-refractivity contribution in [2.24, 2.45) is 28.6 Å². The summed E-state index contributed by atoms with van der Waals surface area (Å²) in [4.78, 5) is 0. The van der Waals surface area contributed by atoms with Gasteiger partial charge in [-0.25, -0.2) is 0 Å². The minimum absolute atomic E-state index is 0.0982. The van der Waals surface area contributed by atoms with Gasteiger partial charge in [-0.05, 0) is 42.9 Å². The molecule has 0 bridgehead atoms. The quantitative estimate of drug-likeness (QED) is 0.793. The fraction of sp³-hybridized carbons (Fsp3) is 1.00. The summed E-state index contributed by atoms with van der Waals surface area (Å²) in [5, 5.41) is 10.1. The van der Waals surface area contributed by atoms with Gasteiger partial charge >= 0.3 is 0 Å². The number of rotatable bonds is 1. The van der Waals surface area contributed by atoms with E-state index in [0.29, 0.717) is 29.8 Å². The molecule has 0 unspecified atom stereocenters. The van der Waals surface area contributed by atoms with Crippen LogP contribution in [-0.2, 0) is 9.47 Å². The highest BCUT2D eigenvalue weighted by Gasteiger charge is 2.73. The Morgan fingerprint density at radius 2 is 1.84 bits per heavy atom. The Kier molecular flexibility index (Phi) is 2.49. The highest BCUT2D eigenvalue weighted by Crippen LogP contribution is 2.74. The molecule has 0 aromatic rings. The molecule has 1 aliphatic heterocycles. The SMILES string of the molecule is CC1(C)C[C@H]2[C@@H](C1)[C@]1(CO)CCCC3(OCCO3)[C@H]21. The third-order valence-electron chi connectivity index (χ3n) is 6.58. The maximum absolute atomic E-state index is 10.1. The third kappa shape index (κ3) is 1.44. The van der Waals surface area contributed by atoms with Crippen molar-refractivity contribution in [3.05, 3.63) is 0 Å². The number of ether oxygens (including phenoxy) is 2. The summed E-state index contributed by atoms with van der Waals surface area (Å²) in [6.45, 7) is 6.55. The molecule has 1 heterocycles. The van der Waals surface area contributed by atoms with Gasteiger partial charge in [0.1, 0.15) is 0 Å². The maximum atomic E-state index is 10.1. The largest absolute Gasteiger partial charge is 0.396 e. The van der Waals surface area contributed by atoms with Crippen molar-refractivity contribution in [2.75, 3.05) is 19.8 Å². The number of hydrogen-bond acceptors (Lipinski definition) is 3. The zero-order valence-corrected chi connectivity index (χ0v) is 12.2. The predicted molar refractivity (Wildman–Crippen MR) is 71.5 cm³/mol. The molecule has 0 amide bonds. The van der Waals surface area contributed by atoms with E-state index in [4.69, 9.17) is 9.47 Å². The van der Waals surface area contributed by atoms with E-state index in [1.165, 1.54) is 19.3 Å². The first-order valence-corrected chi connectivity index (χ1v) is 7.92. The Morgan fingerprint density at radius 3 is 2.53 bits per heavy atom. The van der Waals surface area contributed by atoms with Crippen molar-refractivity contribution in [2.45, 2.75) is 51.7 Å². The highest BCUT2D eigenvalue weighted by atomic mass is 16.7. The summed E-state index contributed by atoms with van der Waals surface area (Å²) in [6, 6.07) is 0. The van der Waals surface area contributed by atoms with Crippen LogP contribution in [0.1, 0.15) is 46.0 Å². The van der Waals surface area contributed by atoms with Crippen LogP contribution in [0, 0.1) is 28.6 Å². The lowest BCUT2D eigenvalue weighted by Crippen LogP contribution is -2.67. The van der Waals surface area contributed by atoms with Crippen LogP contribution >= 0.6 is 0 Å². The van der Waals surface area contributed by atoms with Crippen LogP contribution in [0.15, 0.2) is 0 Å². The van der Waals surface area contributed by atoms with Gasteiger partial charge in [-0.2, -0.15) is 0 Å². The van der Waals surface area contributed by atoms with Gasteiger partial charge in [-0.15, -0.1) is 0 Å². The van der Waals surface area contributed by atoms with Crippen molar-refractivity contribution >= 4 is 0 Å². The molecule has 19 heavy (non-hydrogen) atoms. The van der Waals surface area contributed by atoms with Crippen molar-refractivity contribution in [3.8, 4) is 0 Å². The molecular weight excluding hydrogens is 240 g/mol. The fourth-order valence-electron chi connectivity index (χ4n) is 6.14. The van der Waals surface area contributed by atoms with Crippen molar-refractivity contribution < 1.29 is 14.6 Å². The number of aliphatic hydroxyl groups excluding tert-OH is 1. The van der Waals surface area contributed by atoms with Gasteiger partial charge in [0.05, 0.1) is 13.2 Å². The molecule has 4 rings (SSSR count). The van der Waals surface area contributed by atoms with E-state index in [-0.39, 0.29) is 11.2 Å². The third-order valence-corrected chi connectivity index (χ3v) is 6.58. The van der Waals surface area contributed by atoms with E-state index in [9.17, 15) is 5.11 Å². The average molecular weight is 266 g/mol. The standard InChI is InChI=1S/C16H26O3/c1-14(2)8-11-12(9-14)15(10-17)4-3-5-16(13(11)15)18-6-7-19-16/h11-13,17H,3-10H2,1-2H3/t11-,12+,13+,15+/m0/s1. The summed E-state index contributed by atoms with van der Waals surface area (Å²) in [6.07, 6.45) is 5.88. The fourth-order valence-corrected chi connectivity index (χ4v) is 6.14. The highest BCUT2D eigenvalue weighted by molar-refractivity contribution is 5.18. The average Bonchev–Trinajstić information content (AvgIpc) is 2.92. The van der Waals surface area contributed by atoms with Crippen LogP contribution in [0.3, 0.4) is 0 Å². The first-order valence-electron chi connectivity index (χ1n) is 7.92. The van der Waals surface area contributed by atoms with E-state index in [1.807, 2.05) is 0 Å². The second-order valence-electron chi connectivity index (χ2n) is 8.07. The van der Waals surface area contributed by atoms with E-state index in [0.717, 1.165) is 26.1 Å². The van der Waals surface area contributed by atoms with Gasteiger partial charge in [0.2, 0.25) is 0 Å². The van der Waals surface area contributed by atoms with Gasteiger partial charge in [-0.3, -0.25) is 0 Å². The van der Waals surface area contributed by atoms with Crippen LogP contribution in [0.5, 0.6) is 0 Å². The summed E-state index contributed by atoms with van der Waals surface area (Å²) >= 11 is 0. The summed E-state index contributed by atoms with van der Waals surface area (Å²) < 4.78 is 12.2. The molecule has 1 saturated heterocycles. The van der Waals surface area contributed by atoms with Gasteiger partial charge in [0.15, 0.2) is 5.79 Å². The van der Waals surface area contributed by atoms with Crippen molar-refractivity contribution in [1.29, 1.82) is 0 Å². The minimum Gasteiger partial charge on any atom is -0.396 e. The maximum Gasteiger partial charge on any atom is 0.172 e. The minimum atomic E-state index is -0.345. The Balaban J connectivity index is 1.72. The molecule has 3 nitrogen and oxygen atoms in total. The van der Waals surface area contributed by atoms with Crippen LogP contribution in [0.4, 0.5) is 0 Å². The Bertz CT molecular complexity index is 385. The van der Waals surface area contributed by atoms with Crippen LogP contribution in [0.2, 0.25) is 0 Å². The second-order valence-corrected chi connectivity index (χ2v) is 8.07. The zero-order valence-electron chi connectivity index (χ0n) is 12.2. The van der Waals surface area contributed by atoms with Gasteiger partial charge in [0, 0.05) is 24.4 Å². The molecular formula is C16H26O3. The summed E-state index contributed by atoms with van der Waals surface area (Å²) in [5.74, 6) is 1.50. The van der Waals surface area contributed by atoms with Crippen LogP contribution < -0.4 is 0 Å². The van der Waals surface area contributed by atoms with Gasteiger partial charge < -0.3 is 14.6 Å². The first kappa shape index (κ1) is 12.6. The number of aliphatic hydroxyl groups is 1. The Labute approximate surface area is 115 Å². The Morgan fingerprint density at radius 1 is 1.11 bits per heavy atom. The predicted octanol–water partition coefficient (Wildman–Crippen LogP) is 2.57. The molecule has 4 aliphatic rings. The lowest BCUT2D eigenvalue weighted by Gasteiger charge is -2.66. The summed E-state index contributed by atoms with van der Waals surface area (Å²) in [7, 11) is 0.